The molecule has 0 amide bonds. The molecule has 2 aromatic heterocycles. The van der Waals surface area contributed by atoms with E-state index in [0.717, 1.165) is 49.5 Å². The molecule has 0 atom stereocenters. The summed E-state index contributed by atoms with van der Waals surface area (Å²) < 4.78 is 5.48. The molecule has 0 aliphatic carbocycles. The van der Waals surface area contributed by atoms with Crippen LogP contribution >= 0.6 is 0 Å². The highest BCUT2D eigenvalue weighted by molar-refractivity contribution is 5.55. The molecule has 0 saturated carbocycles. The first-order chi connectivity index (χ1) is 12.8. The lowest BCUT2D eigenvalue weighted by Crippen LogP contribution is -2.38. The van der Waals surface area contributed by atoms with E-state index in [0.29, 0.717) is 19.0 Å². The summed E-state index contributed by atoms with van der Waals surface area (Å²) in [5.41, 5.74) is 1.77. The topological polar surface area (TPSA) is 67.3 Å². The van der Waals surface area contributed by atoms with Gasteiger partial charge in [0.25, 0.3) is 0 Å². The Kier molecular flexibility index (Phi) is 5.24. The van der Waals surface area contributed by atoms with Crippen LogP contribution in [0.1, 0.15) is 31.4 Å². The predicted molar refractivity (Wildman–Crippen MR) is 102 cm³/mol. The van der Waals surface area contributed by atoms with E-state index < -0.39 is 0 Å². The monoisotopic (exact) mass is 354 g/mol. The zero-order valence-corrected chi connectivity index (χ0v) is 15.4. The van der Waals surface area contributed by atoms with Crippen LogP contribution in [0.2, 0.25) is 0 Å². The first kappa shape index (κ1) is 17.1. The molecule has 7 nitrogen and oxygen atoms in total. The molecule has 7 heteroatoms. The molecule has 2 fully saturated rings. The Morgan fingerprint density at radius 1 is 0.769 bits per heavy atom. The quantitative estimate of drug-likeness (QED) is 0.839. The summed E-state index contributed by atoms with van der Waals surface area (Å²) in [6.07, 6.45) is 4.95. The van der Waals surface area contributed by atoms with Gasteiger partial charge in [-0.15, -0.1) is 0 Å². The fourth-order valence-corrected chi connectivity index (χ4v) is 3.45. The van der Waals surface area contributed by atoms with E-state index in [1.807, 2.05) is 25.1 Å². The van der Waals surface area contributed by atoms with Crippen molar-refractivity contribution in [3.8, 4) is 11.5 Å². The van der Waals surface area contributed by atoms with Gasteiger partial charge in [0.1, 0.15) is 5.69 Å². The van der Waals surface area contributed by atoms with Gasteiger partial charge >= 0.3 is 0 Å². The van der Waals surface area contributed by atoms with Gasteiger partial charge in [0.2, 0.25) is 11.9 Å². The van der Waals surface area contributed by atoms with Gasteiger partial charge in [0.15, 0.2) is 5.82 Å². The number of aromatic nitrogens is 4. The van der Waals surface area contributed by atoms with Crippen molar-refractivity contribution < 1.29 is 4.74 Å². The van der Waals surface area contributed by atoms with E-state index >= 15 is 0 Å². The summed E-state index contributed by atoms with van der Waals surface area (Å²) in [6.45, 7) is 7.05. The maximum atomic E-state index is 5.48. The Hall–Kier alpha value is -2.28. The highest BCUT2D eigenvalue weighted by Gasteiger charge is 2.21. The Labute approximate surface area is 154 Å². The van der Waals surface area contributed by atoms with Crippen LogP contribution < -0.4 is 9.80 Å². The van der Waals surface area contributed by atoms with Crippen LogP contribution in [0.4, 0.5) is 11.9 Å². The second-order valence-corrected chi connectivity index (χ2v) is 6.92. The maximum absolute atomic E-state index is 5.48. The van der Waals surface area contributed by atoms with Crippen LogP contribution in [0, 0.1) is 6.92 Å². The molecule has 0 radical (unpaired) electrons. The number of aryl methyl sites for hydroxylation is 1. The van der Waals surface area contributed by atoms with Gasteiger partial charge in [0, 0.05) is 31.9 Å². The second-order valence-electron chi connectivity index (χ2n) is 6.92. The molecule has 0 unspecified atom stereocenters. The van der Waals surface area contributed by atoms with Crippen molar-refractivity contribution in [1.82, 2.24) is 19.9 Å². The number of rotatable bonds is 3. The highest BCUT2D eigenvalue weighted by atomic mass is 16.5. The van der Waals surface area contributed by atoms with E-state index in [4.69, 9.17) is 19.7 Å². The van der Waals surface area contributed by atoms with Crippen LogP contribution in [-0.4, -0.2) is 59.3 Å². The number of anilines is 2. The average Bonchev–Trinajstić information content (AvgIpc) is 2.98. The molecule has 2 aliphatic rings. The molecule has 4 rings (SSSR count). The Morgan fingerprint density at radius 3 is 2.08 bits per heavy atom. The fourth-order valence-electron chi connectivity index (χ4n) is 3.45. The Balaban J connectivity index is 1.73. The Bertz CT molecular complexity index is 739. The summed E-state index contributed by atoms with van der Waals surface area (Å²) >= 11 is 0. The van der Waals surface area contributed by atoms with Crippen LogP contribution in [0.5, 0.6) is 0 Å². The van der Waals surface area contributed by atoms with Gasteiger partial charge in [-0.1, -0.05) is 18.9 Å². The molecule has 2 saturated heterocycles. The van der Waals surface area contributed by atoms with Crippen molar-refractivity contribution in [2.75, 3.05) is 49.2 Å². The number of hydrogen-bond acceptors (Lipinski definition) is 7. The number of hydrogen-bond donors (Lipinski definition) is 0. The van der Waals surface area contributed by atoms with Crippen molar-refractivity contribution in [2.24, 2.45) is 0 Å². The number of ether oxygens (including phenoxy) is 1. The minimum absolute atomic E-state index is 0.657. The minimum atomic E-state index is 0.657. The van der Waals surface area contributed by atoms with E-state index in [1.165, 1.54) is 25.7 Å². The summed E-state index contributed by atoms with van der Waals surface area (Å²) in [5.74, 6) is 2.17. The van der Waals surface area contributed by atoms with E-state index in [-0.39, 0.29) is 0 Å². The molecule has 2 aromatic rings. The summed E-state index contributed by atoms with van der Waals surface area (Å²) in [5, 5.41) is 0. The van der Waals surface area contributed by atoms with Crippen LogP contribution in [0.3, 0.4) is 0 Å². The minimum Gasteiger partial charge on any atom is -0.378 e. The largest absolute Gasteiger partial charge is 0.378 e. The first-order valence-electron chi connectivity index (χ1n) is 9.57. The highest BCUT2D eigenvalue weighted by Crippen LogP contribution is 2.23. The molecule has 138 valence electrons. The molecule has 0 aromatic carbocycles. The molecular weight excluding hydrogens is 328 g/mol. The van der Waals surface area contributed by atoms with Gasteiger partial charge in [-0.25, -0.2) is 4.98 Å². The molecule has 0 spiro atoms. The van der Waals surface area contributed by atoms with Crippen LogP contribution in [0.25, 0.3) is 11.5 Å². The van der Waals surface area contributed by atoms with Crippen molar-refractivity contribution in [2.45, 2.75) is 32.6 Å². The van der Waals surface area contributed by atoms with Gasteiger partial charge in [0.05, 0.1) is 13.2 Å². The Morgan fingerprint density at radius 2 is 1.42 bits per heavy atom. The molecule has 0 bridgehead atoms. The average molecular weight is 354 g/mol. The third kappa shape index (κ3) is 3.93. The molecule has 0 N–H and O–H groups in total. The second kappa shape index (κ2) is 7.95. The van der Waals surface area contributed by atoms with Gasteiger partial charge in [-0.05, 0) is 31.9 Å². The van der Waals surface area contributed by atoms with Crippen molar-refractivity contribution in [1.29, 1.82) is 0 Å². The summed E-state index contributed by atoms with van der Waals surface area (Å²) in [4.78, 5) is 23.5. The molecule has 4 heterocycles. The van der Waals surface area contributed by atoms with Gasteiger partial charge in [-0.2, -0.15) is 15.0 Å². The smallest absolute Gasteiger partial charge is 0.230 e. The lowest BCUT2D eigenvalue weighted by atomic mass is 10.2. The number of nitrogens with zero attached hydrogens (tertiary/aromatic N) is 6. The van der Waals surface area contributed by atoms with Crippen molar-refractivity contribution in [3.63, 3.8) is 0 Å². The molecular formula is C19H26N6O. The SMILES string of the molecule is Cc1cccc(-c2nc(N3CCCCCC3)nc(N3CCOCC3)n2)n1. The predicted octanol–water partition coefficient (Wildman–Crippen LogP) is 2.46. The first-order valence-corrected chi connectivity index (χ1v) is 9.57. The summed E-state index contributed by atoms with van der Waals surface area (Å²) in [7, 11) is 0. The third-order valence-corrected chi connectivity index (χ3v) is 4.91. The van der Waals surface area contributed by atoms with Crippen LogP contribution in [-0.2, 0) is 4.74 Å². The fraction of sp³-hybridized carbons (Fsp3) is 0.579. The standard InChI is InChI=1S/C19H26N6O/c1-15-7-6-8-16(20-15)17-21-18(24-9-4-2-3-5-10-24)23-19(22-17)25-11-13-26-14-12-25/h6-8H,2-5,9-14H2,1H3. The zero-order chi connectivity index (χ0) is 17.8. The van der Waals surface area contributed by atoms with E-state index in [9.17, 15) is 0 Å². The van der Waals surface area contributed by atoms with Crippen molar-refractivity contribution >= 4 is 11.9 Å². The molecule has 2 aliphatic heterocycles. The zero-order valence-electron chi connectivity index (χ0n) is 15.4. The van der Waals surface area contributed by atoms with Gasteiger partial charge in [-0.3, -0.25) is 0 Å². The van der Waals surface area contributed by atoms with Crippen LogP contribution in [0.15, 0.2) is 18.2 Å². The maximum Gasteiger partial charge on any atom is 0.230 e. The normalized spacial score (nSPS) is 18.7. The van der Waals surface area contributed by atoms with E-state index in [1.54, 1.807) is 0 Å². The lowest BCUT2D eigenvalue weighted by Gasteiger charge is -2.28. The van der Waals surface area contributed by atoms with Crippen molar-refractivity contribution in [3.05, 3.63) is 23.9 Å². The lowest BCUT2D eigenvalue weighted by molar-refractivity contribution is 0.122. The number of morpholine rings is 1. The van der Waals surface area contributed by atoms with E-state index in [2.05, 4.69) is 14.8 Å². The number of pyridine rings is 1. The summed E-state index contributed by atoms with van der Waals surface area (Å²) in [6, 6.07) is 5.96. The van der Waals surface area contributed by atoms with Gasteiger partial charge < -0.3 is 14.5 Å². The third-order valence-electron chi connectivity index (χ3n) is 4.91. The molecule has 26 heavy (non-hydrogen) atoms.